The van der Waals surface area contributed by atoms with Gasteiger partial charge in [0.25, 0.3) is 0 Å². The number of nitrogens with zero attached hydrogens (tertiary/aromatic N) is 1. The van der Waals surface area contributed by atoms with Crippen molar-refractivity contribution in [3.05, 3.63) is 45.2 Å². The van der Waals surface area contributed by atoms with Crippen LogP contribution in [0.2, 0.25) is 15.1 Å². The number of hydrogen-bond acceptors (Lipinski definition) is 2. The summed E-state index contributed by atoms with van der Waals surface area (Å²) >= 11 is 17.5. The summed E-state index contributed by atoms with van der Waals surface area (Å²) in [5.41, 5.74) is -1.39. The van der Waals surface area contributed by atoms with Crippen molar-refractivity contribution in [2.75, 3.05) is 0 Å². The Hall–Kier alpha value is -1.17. The van der Waals surface area contributed by atoms with Gasteiger partial charge in [0.1, 0.15) is 0 Å². The Morgan fingerprint density at radius 3 is 2.15 bits per heavy atom. The molecule has 1 aromatic heterocycles. The first-order chi connectivity index (χ1) is 9.21. The maximum atomic E-state index is 12.7. The lowest BCUT2D eigenvalue weighted by atomic mass is 10.0. The zero-order valence-corrected chi connectivity index (χ0v) is 11.7. The average molecular weight is 343 g/mol. The van der Waals surface area contributed by atoms with Gasteiger partial charge in [-0.1, -0.05) is 34.8 Å². The van der Waals surface area contributed by atoms with Crippen LogP contribution in [0.5, 0.6) is 5.75 Å². The lowest BCUT2D eigenvalue weighted by Gasteiger charge is -2.13. The second kappa shape index (κ2) is 5.31. The molecule has 1 aromatic carbocycles. The number of benzene rings is 1. The summed E-state index contributed by atoms with van der Waals surface area (Å²) in [4.78, 5) is 3.13. The molecule has 0 radical (unpaired) electrons. The van der Waals surface area contributed by atoms with Crippen LogP contribution in [-0.4, -0.2) is 10.1 Å². The first-order valence-corrected chi connectivity index (χ1v) is 6.25. The topological polar surface area (TPSA) is 33.1 Å². The highest BCUT2D eigenvalue weighted by atomic mass is 35.5. The van der Waals surface area contributed by atoms with Gasteiger partial charge in [-0.15, -0.1) is 0 Å². The Balaban J connectivity index is 2.69. The summed E-state index contributed by atoms with van der Waals surface area (Å²) in [6, 6.07) is 3.77. The molecule has 0 fully saturated rings. The molecule has 0 saturated carbocycles. The van der Waals surface area contributed by atoms with Gasteiger partial charge in [-0.3, -0.25) is 0 Å². The van der Waals surface area contributed by atoms with E-state index in [0.29, 0.717) is 0 Å². The number of alkyl halides is 3. The van der Waals surface area contributed by atoms with Crippen molar-refractivity contribution in [2.24, 2.45) is 0 Å². The summed E-state index contributed by atoms with van der Waals surface area (Å²) in [6.07, 6.45) is -3.85. The Morgan fingerprint density at radius 2 is 1.55 bits per heavy atom. The second-order valence-corrected chi connectivity index (χ2v) is 5.02. The molecule has 0 unspecified atom stereocenters. The number of aromatic hydroxyl groups is 1. The van der Waals surface area contributed by atoms with Crippen LogP contribution in [0.3, 0.4) is 0 Å². The molecular formula is C12H5Cl3F3NO. The molecule has 2 aromatic rings. The van der Waals surface area contributed by atoms with Crippen LogP contribution < -0.4 is 0 Å². The first-order valence-electron chi connectivity index (χ1n) is 5.12. The lowest BCUT2D eigenvalue weighted by molar-refractivity contribution is -0.142. The second-order valence-electron chi connectivity index (χ2n) is 3.80. The fraction of sp³-hybridized carbons (Fsp3) is 0.0833. The molecule has 1 heterocycles. The largest absolute Gasteiger partial charge is 0.505 e. The van der Waals surface area contributed by atoms with E-state index in [9.17, 15) is 18.3 Å². The van der Waals surface area contributed by atoms with Gasteiger partial charge >= 0.3 is 6.18 Å². The van der Waals surface area contributed by atoms with E-state index >= 15 is 0 Å². The Labute approximate surface area is 126 Å². The molecule has 0 aliphatic heterocycles. The van der Waals surface area contributed by atoms with E-state index in [1.54, 1.807) is 0 Å². The molecule has 1 N–H and O–H groups in total. The van der Waals surface area contributed by atoms with Gasteiger partial charge in [-0.25, -0.2) is 4.98 Å². The van der Waals surface area contributed by atoms with Gasteiger partial charge in [0, 0.05) is 17.3 Å². The Kier molecular flexibility index (Phi) is 4.04. The normalized spacial score (nSPS) is 11.7. The Bertz CT molecular complexity index is 674. The van der Waals surface area contributed by atoms with Crippen LogP contribution in [0, 0.1) is 0 Å². The van der Waals surface area contributed by atoms with Crippen molar-refractivity contribution >= 4 is 34.8 Å². The standard InChI is InChI=1S/C12H5Cl3F3NO/c13-7-4-9(15)8(14)3-6(7)5-1-2-19-11(10(5)20)12(16,17)18/h1-4,20H. The van der Waals surface area contributed by atoms with E-state index in [1.807, 2.05) is 0 Å². The molecular weight excluding hydrogens is 337 g/mol. The summed E-state index contributed by atoms with van der Waals surface area (Å²) in [5, 5.41) is 10.1. The van der Waals surface area contributed by atoms with Crippen molar-refractivity contribution in [3.8, 4) is 16.9 Å². The van der Waals surface area contributed by atoms with Crippen LogP contribution in [0.15, 0.2) is 24.4 Å². The highest BCUT2D eigenvalue weighted by Gasteiger charge is 2.37. The van der Waals surface area contributed by atoms with Gasteiger partial charge in [-0.2, -0.15) is 13.2 Å². The number of hydrogen-bond donors (Lipinski definition) is 1. The molecule has 0 amide bonds. The predicted molar refractivity (Wildman–Crippen MR) is 71.4 cm³/mol. The first kappa shape index (κ1) is 15.2. The van der Waals surface area contributed by atoms with Gasteiger partial charge in [0.2, 0.25) is 0 Å². The van der Waals surface area contributed by atoms with Gasteiger partial charge in [0.15, 0.2) is 11.4 Å². The van der Waals surface area contributed by atoms with E-state index in [4.69, 9.17) is 34.8 Å². The van der Waals surface area contributed by atoms with E-state index in [0.717, 1.165) is 6.20 Å². The summed E-state index contributed by atoms with van der Waals surface area (Å²) in [7, 11) is 0. The van der Waals surface area contributed by atoms with Crippen LogP contribution in [-0.2, 0) is 6.18 Å². The number of halogens is 6. The van der Waals surface area contributed by atoms with E-state index in [-0.39, 0.29) is 26.2 Å². The Morgan fingerprint density at radius 1 is 0.950 bits per heavy atom. The van der Waals surface area contributed by atoms with E-state index < -0.39 is 17.6 Å². The summed E-state index contributed by atoms with van der Waals surface area (Å²) in [6.45, 7) is 0. The molecule has 20 heavy (non-hydrogen) atoms. The number of rotatable bonds is 1. The fourth-order valence-electron chi connectivity index (χ4n) is 1.61. The number of aromatic nitrogens is 1. The molecule has 0 atom stereocenters. The molecule has 0 saturated heterocycles. The summed E-state index contributed by atoms with van der Waals surface area (Å²) in [5.74, 6) is -1.01. The van der Waals surface area contributed by atoms with Crippen LogP contribution in [0.4, 0.5) is 13.2 Å². The third-order valence-corrected chi connectivity index (χ3v) is 3.53. The third kappa shape index (κ3) is 2.80. The quantitative estimate of drug-likeness (QED) is 0.701. The van der Waals surface area contributed by atoms with Crippen LogP contribution in [0.25, 0.3) is 11.1 Å². The lowest BCUT2D eigenvalue weighted by Crippen LogP contribution is -2.08. The highest BCUT2D eigenvalue weighted by Crippen LogP contribution is 2.43. The molecule has 0 spiro atoms. The molecule has 0 aliphatic rings. The predicted octanol–water partition coefficient (Wildman–Crippen LogP) is 5.43. The molecule has 2 rings (SSSR count). The molecule has 8 heteroatoms. The van der Waals surface area contributed by atoms with Crippen molar-refractivity contribution in [2.45, 2.75) is 6.18 Å². The van der Waals surface area contributed by atoms with Gasteiger partial charge < -0.3 is 5.11 Å². The van der Waals surface area contributed by atoms with Crippen molar-refractivity contribution < 1.29 is 18.3 Å². The molecule has 0 bridgehead atoms. The number of pyridine rings is 1. The minimum atomic E-state index is -4.78. The molecule has 106 valence electrons. The fourth-order valence-corrected chi connectivity index (χ4v) is 2.26. The highest BCUT2D eigenvalue weighted by molar-refractivity contribution is 6.44. The zero-order valence-electron chi connectivity index (χ0n) is 9.47. The zero-order chi connectivity index (χ0) is 15.1. The summed E-state index contributed by atoms with van der Waals surface area (Å²) < 4.78 is 38.1. The molecule has 2 nitrogen and oxygen atoms in total. The average Bonchev–Trinajstić information content (AvgIpc) is 2.33. The third-order valence-electron chi connectivity index (χ3n) is 2.49. The maximum absolute atomic E-state index is 12.7. The van der Waals surface area contributed by atoms with Crippen molar-refractivity contribution in [1.29, 1.82) is 0 Å². The van der Waals surface area contributed by atoms with E-state index in [2.05, 4.69) is 4.98 Å². The van der Waals surface area contributed by atoms with Gasteiger partial charge in [-0.05, 0) is 18.2 Å². The smallest absolute Gasteiger partial charge is 0.437 e. The molecule has 0 aliphatic carbocycles. The van der Waals surface area contributed by atoms with Crippen LogP contribution >= 0.6 is 34.8 Å². The van der Waals surface area contributed by atoms with Crippen molar-refractivity contribution in [1.82, 2.24) is 4.98 Å². The van der Waals surface area contributed by atoms with Crippen LogP contribution in [0.1, 0.15) is 5.69 Å². The van der Waals surface area contributed by atoms with Crippen molar-refractivity contribution in [3.63, 3.8) is 0 Å². The van der Waals surface area contributed by atoms with Gasteiger partial charge in [0.05, 0.1) is 15.1 Å². The SMILES string of the molecule is Oc1c(-c2cc(Cl)c(Cl)cc2Cl)ccnc1C(F)(F)F. The van der Waals surface area contributed by atoms with E-state index in [1.165, 1.54) is 18.2 Å². The maximum Gasteiger partial charge on any atom is 0.437 e. The minimum absolute atomic E-state index is 0.0639. The minimum Gasteiger partial charge on any atom is -0.505 e. The monoisotopic (exact) mass is 341 g/mol.